The molecule has 0 amide bonds. The third-order valence-electron chi connectivity index (χ3n) is 2.93. The number of hydrogen-bond donors (Lipinski definition) is 1. The highest BCUT2D eigenvalue weighted by Crippen LogP contribution is 2.30. The Kier molecular flexibility index (Phi) is 3.99. The largest absolute Gasteiger partial charge is 0.395 e. The average Bonchev–Trinajstić information content (AvgIpc) is 3.12. The molecule has 0 aromatic heterocycles. The number of halogens is 1. The van der Waals surface area contributed by atoms with Gasteiger partial charge in [0.2, 0.25) is 10.0 Å². The first-order valence-electron chi connectivity index (χ1n) is 5.88. The Labute approximate surface area is 106 Å². The van der Waals surface area contributed by atoms with Crippen molar-refractivity contribution in [3.8, 4) is 0 Å². The van der Waals surface area contributed by atoms with E-state index in [9.17, 15) is 12.8 Å². The molecule has 0 bridgehead atoms. The summed E-state index contributed by atoms with van der Waals surface area (Å²) >= 11 is 0. The molecule has 0 radical (unpaired) electrons. The fourth-order valence-corrected chi connectivity index (χ4v) is 3.72. The topological polar surface area (TPSA) is 57.6 Å². The second-order valence-corrected chi connectivity index (χ2v) is 6.33. The molecule has 2 rings (SSSR count). The normalized spacial score (nSPS) is 16.2. The van der Waals surface area contributed by atoms with Gasteiger partial charge in [-0.25, -0.2) is 12.8 Å². The lowest BCUT2D eigenvalue weighted by Gasteiger charge is -2.20. The number of hydrogen-bond acceptors (Lipinski definition) is 3. The van der Waals surface area contributed by atoms with Crippen molar-refractivity contribution in [2.45, 2.75) is 24.6 Å². The number of aliphatic hydroxyl groups excluding tert-OH is 1. The van der Waals surface area contributed by atoms with Crippen LogP contribution in [0.4, 0.5) is 4.39 Å². The monoisotopic (exact) mass is 273 g/mol. The first kappa shape index (κ1) is 13.5. The molecule has 0 unspecified atom stereocenters. The number of nitrogens with zero attached hydrogens (tertiary/aromatic N) is 1. The van der Waals surface area contributed by atoms with Crippen LogP contribution in [0.1, 0.15) is 18.4 Å². The van der Waals surface area contributed by atoms with Gasteiger partial charge in [-0.15, -0.1) is 0 Å². The molecule has 4 nitrogen and oxygen atoms in total. The number of aliphatic hydroxyl groups is 1. The maximum Gasteiger partial charge on any atom is 0.218 e. The van der Waals surface area contributed by atoms with Crippen molar-refractivity contribution in [3.63, 3.8) is 0 Å². The van der Waals surface area contributed by atoms with Crippen LogP contribution in [0.25, 0.3) is 0 Å². The summed E-state index contributed by atoms with van der Waals surface area (Å²) in [6.45, 7) is -0.131. The molecular weight excluding hydrogens is 257 g/mol. The summed E-state index contributed by atoms with van der Waals surface area (Å²) < 4.78 is 39.1. The van der Waals surface area contributed by atoms with Crippen molar-refractivity contribution in [1.29, 1.82) is 0 Å². The van der Waals surface area contributed by atoms with Gasteiger partial charge in [-0.3, -0.25) is 0 Å². The summed E-state index contributed by atoms with van der Waals surface area (Å²) in [5, 5.41) is 8.92. The molecule has 0 heterocycles. The summed E-state index contributed by atoms with van der Waals surface area (Å²) in [5.74, 6) is -0.864. The van der Waals surface area contributed by atoms with E-state index in [0.717, 1.165) is 12.8 Å². The lowest BCUT2D eigenvalue weighted by atomic mass is 10.2. The summed E-state index contributed by atoms with van der Waals surface area (Å²) in [7, 11) is -3.56. The fourth-order valence-electron chi connectivity index (χ4n) is 1.90. The maximum atomic E-state index is 13.5. The minimum atomic E-state index is -3.56. The van der Waals surface area contributed by atoms with Crippen LogP contribution in [0.2, 0.25) is 0 Å². The zero-order chi connectivity index (χ0) is 13.2. The Morgan fingerprint density at radius 1 is 1.33 bits per heavy atom. The van der Waals surface area contributed by atoms with Crippen LogP contribution in [0.3, 0.4) is 0 Å². The molecule has 0 spiro atoms. The minimum absolute atomic E-state index is 0.0195. The van der Waals surface area contributed by atoms with E-state index < -0.39 is 15.8 Å². The van der Waals surface area contributed by atoms with E-state index in [1.807, 2.05) is 0 Å². The van der Waals surface area contributed by atoms with Gasteiger partial charge in [-0.1, -0.05) is 18.2 Å². The lowest BCUT2D eigenvalue weighted by Crippen LogP contribution is -2.36. The Hall–Kier alpha value is -0.980. The highest BCUT2D eigenvalue weighted by molar-refractivity contribution is 7.88. The van der Waals surface area contributed by atoms with Gasteiger partial charge in [0.05, 0.1) is 12.4 Å². The van der Waals surface area contributed by atoms with Crippen LogP contribution in [0.15, 0.2) is 24.3 Å². The average molecular weight is 273 g/mol. The van der Waals surface area contributed by atoms with Gasteiger partial charge in [0.25, 0.3) is 0 Å². The van der Waals surface area contributed by atoms with Crippen molar-refractivity contribution in [3.05, 3.63) is 35.6 Å². The Bertz CT molecular complexity index is 514. The third-order valence-corrected chi connectivity index (χ3v) is 4.80. The minimum Gasteiger partial charge on any atom is -0.395 e. The van der Waals surface area contributed by atoms with Crippen molar-refractivity contribution in [2.24, 2.45) is 0 Å². The first-order chi connectivity index (χ1) is 8.54. The highest BCUT2D eigenvalue weighted by Gasteiger charge is 2.36. The van der Waals surface area contributed by atoms with E-state index in [2.05, 4.69) is 0 Å². The van der Waals surface area contributed by atoms with E-state index in [-0.39, 0.29) is 30.5 Å². The van der Waals surface area contributed by atoms with Crippen molar-refractivity contribution in [1.82, 2.24) is 4.31 Å². The van der Waals surface area contributed by atoms with E-state index in [1.54, 1.807) is 6.07 Å². The van der Waals surface area contributed by atoms with E-state index in [4.69, 9.17) is 5.11 Å². The zero-order valence-corrected chi connectivity index (χ0v) is 10.7. The molecular formula is C12H16FNO3S. The molecule has 1 saturated carbocycles. The zero-order valence-electron chi connectivity index (χ0n) is 9.92. The molecule has 0 atom stereocenters. The molecule has 1 N–H and O–H groups in total. The first-order valence-corrected chi connectivity index (χ1v) is 7.49. The molecule has 1 fully saturated rings. The Morgan fingerprint density at radius 3 is 2.56 bits per heavy atom. The molecule has 18 heavy (non-hydrogen) atoms. The van der Waals surface area contributed by atoms with Gasteiger partial charge >= 0.3 is 0 Å². The number of sulfonamides is 1. The van der Waals surface area contributed by atoms with E-state index in [1.165, 1.54) is 22.5 Å². The second kappa shape index (κ2) is 5.34. The Balaban J connectivity index is 2.17. The van der Waals surface area contributed by atoms with Crippen molar-refractivity contribution >= 4 is 10.0 Å². The van der Waals surface area contributed by atoms with Crippen LogP contribution in [0, 0.1) is 5.82 Å². The van der Waals surface area contributed by atoms with Crippen LogP contribution in [-0.4, -0.2) is 37.0 Å². The number of rotatable bonds is 6. The Morgan fingerprint density at radius 2 is 2.00 bits per heavy atom. The molecule has 0 aliphatic heterocycles. The van der Waals surface area contributed by atoms with Crippen LogP contribution < -0.4 is 0 Å². The van der Waals surface area contributed by atoms with Crippen LogP contribution >= 0.6 is 0 Å². The van der Waals surface area contributed by atoms with Crippen LogP contribution in [0.5, 0.6) is 0 Å². The summed E-state index contributed by atoms with van der Waals surface area (Å²) in [6.07, 6.45) is 1.63. The smallest absolute Gasteiger partial charge is 0.218 e. The van der Waals surface area contributed by atoms with Crippen molar-refractivity contribution < 1.29 is 17.9 Å². The van der Waals surface area contributed by atoms with Gasteiger partial charge in [-0.05, 0) is 18.9 Å². The molecule has 6 heteroatoms. The molecule has 1 aliphatic carbocycles. The maximum absolute atomic E-state index is 13.5. The van der Waals surface area contributed by atoms with Crippen LogP contribution in [-0.2, 0) is 15.8 Å². The van der Waals surface area contributed by atoms with Gasteiger partial charge in [0, 0.05) is 18.2 Å². The molecule has 1 aromatic carbocycles. The van der Waals surface area contributed by atoms with Crippen molar-refractivity contribution in [2.75, 3.05) is 13.2 Å². The van der Waals surface area contributed by atoms with E-state index >= 15 is 0 Å². The summed E-state index contributed by atoms with van der Waals surface area (Å²) in [6, 6.07) is 5.84. The predicted octanol–water partition coefficient (Wildman–Crippen LogP) is 1.11. The standard InChI is InChI=1S/C12H16FNO3S/c13-12-4-2-1-3-10(12)9-18(16,17)14(7-8-15)11-5-6-11/h1-4,11,15H,5-9H2. The molecule has 1 aromatic rings. The molecule has 100 valence electrons. The van der Waals surface area contributed by atoms with Gasteiger partial charge in [0.15, 0.2) is 0 Å². The van der Waals surface area contributed by atoms with E-state index in [0.29, 0.717) is 0 Å². The SMILES string of the molecule is O=S(=O)(Cc1ccccc1F)N(CCO)C1CC1. The van der Waals surface area contributed by atoms with Gasteiger partial charge < -0.3 is 5.11 Å². The molecule has 1 aliphatic rings. The third kappa shape index (κ3) is 3.07. The lowest BCUT2D eigenvalue weighted by molar-refractivity contribution is 0.250. The quantitative estimate of drug-likeness (QED) is 0.844. The second-order valence-electron chi connectivity index (χ2n) is 4.41. The van der Waals surface area contributed by atoms with Gasteiger partial charge in [-0.2, -0.15) is 4.31 Å². The molecule has 0 saturated heterocycles. The number of benzene rings is 1. The summed E-state index contributed by atoms with van der Waals surface area (Å²) in [5.41, 5.74) is 0.168. The summed E-state index contributed by atoms with van der Waals surface area (Å²) in [4.78, 5) is 0. The van der Waals surface area contributed by atoms with Gasteiger partial charge in [0.1, 0.15) is 5.82 Å². The highest BCUT2D eigenvalue weighted by atomic mass is 32.2. The fraction of sp³-hybridized carbons (Fsp3) is 0.500. The predicted molar refractivity (Wildman–Crippen MR) is 65.8 cm³/mol.